The highest BCUT2D eigenvalue weighted by molar-refractivity contribution is 5.98. The molecule has 0 aliphatic carbocycles. The van der Waals surface area contributed by atoms with Crippen LogP contribution < -0.4 is 0 Å². The summed E-state index contributed by atoms with van der Waals surface area (Å²) >= 11 is 0. The summed E-state index contributed by atoms with van der Waals surface area (Å²) in [4.78, 5) is 29.1. The maximum atomic E-state index is 12.4. The van der Waals surface area contributed by atoms with Gasteiger partial charge in [-0.15, -0.1) is 0 Å². The van der Waals surface area contributed by atoms with Gasteiger partial charge in [-0.25, -0.2) is 9.78 Å². The van der Waals surface area contributed by atoms with E-state index in [4.69, 9.17) is 0 Å². The van der Waals surface area contributed by atoms with Crippen LogP contribution in [0.2, 0.25) is 0 Å². The van der Waals surface area contributed by atoms with E-state index in [0.29, 0.717) is 25.8 Å². The predicted octanol–water partition coefficient (Wildman–Crippen LogP) is 1.26. The third kappa shape index (κ3) is 2.03. The summed E-state index contributed by atoms with van der Waals surface area (Å²) in [6, 6.07) is 2.88. The number of aromatic nitrogens is 1. The molecule has 19 heavy (non-hydrogen) atoms. The first-order valence-corrected chi connectivity index (χ1v) is 6.22. The number of pyridine rings is 1. The largest absolute Gasteiger partial charge is 0.505 e. The number of carbonyl (C=O) groups excluding carboxylic acids is 1. The van der Waals surface area contributed by atoms with Gasteiger partial charge in [-0.2, -0.15) is 0 Å². The second-order valence-electron chi connectivity index (χ2n) is 4.62. The van der Waals surface area contributed by atoms with E-state index in [1.54, 1.807) is 6.92 Å². The molecular weight excluding hydrogens is 248 g/mol. The summed E-state index contributed by atoms with van der Waals surface area (Å²) in [7, 11) is 0. The number of carbonyl (C=O) groups is 2. The Balaban J connectivity index is 2.38. The van der Waals surface area contributed by atoms with Crippen molar-refractivity contribution >= 4 is 11.9 Å². The standard InChI is InChI=1S/C13H16N2O4/c1-2-13(12(18)19)6-4-8-15(13)11(17)10-9(16)5-3-7-14-10/h3,5,7,16H,2,4,6,8H2,1H3,(H,18,19). The Morgan fingerprint density at radius 1 is 1.53 bits per heavy atom. The van der Waals surface area contributed by atoms with Crippen LogP contribution in [0.3, 0.4) is 0 Å². The number of aromatic hydroxyl groups is 1. The SMILES string of the molecule is CCC1(C(=O)O)CCCN1C(=O)c1ncccc1O. The quantitative estimate of drug-likeness (QED) is 0.857. The number of nitrogens with zero attached hydrogens (tertiary/aromatic N) is 2. The van der Waals surface area contributed by atoms with Crippen molar-refractivity contribution in [1.29, 1.82) is 0 Å². The molecule has 2 N–H and O–H groups in total. The Kier molecular flexibility index (Phi) is 3.42. The molecule has 1 aliphatic rings. The Bertz CT molecular complexity index is 517. The van der Waals surface area contributed by atoms with Gasteiger partial charge in [0, 0.05) is 12.7 Å². The van der Waals surface area contributed by atoms with Crippen LogP contribution in [0, 0.1) is 0 Å². The fourth-order valence-corrected chi connectivity index (χ4v) is 2.61. The average Bonchev–Trinajstić information content (AvgIpc) is 2.83. The molecule has 6 heteroatoms. The normalized spacial score (nSPS) is 22.5. The zero-order valence-electron chi connectivity index (χ0n) is 10.7. The second kappa shape index (κ2) is 4.87. The van der Waals surface area contributed by atoms with Crippen molar-refractivity contribution in [3.05, 3.63) is 24.0 Å². The zero-order valence-corrected chi connectivity index (χ0v) is 10.7. The van der Waals surface area contributed by atoms with E-state index < -0.39 is 17.4 Å². The molecule has 0 aromatic carbocycles. The number of likely N-dealkylation sites (tertiary alicyclic amines) is 1. The Labute approximate surface area is 110 Å². The first-order chi connectivity index (χ1) is 9.03. The van der Waals surface area contributed by atoms with E-state index in [0.717, 1.165) is 0 Å². The number of carboxylic acids is 1. The van der Waals surface area contributed by atoms with E-state index in [-0.39, 0.29) is 11.4 Å². The summed E-state index contributed by atoms with van der Waals surface area (Å²) < 4.78 is 0. The number of hydrogen-bond acceptors (Lipinski definition) is 4. The third-order valence-corrected chi connectivity index (χ3v) is 3.71. The molecule has 1 saturated heterocycles. The van der Waals surface area contributed by atoms with Gasteiger partial charge < -0.3 is 15.1 Å². The molecule has 0 saturated carbocycles. The molecule has 1 amide bonds. The van der Waals surface area contributed by atoms with E-state index in [9.17, 15) is 19.8 Å². The Hall–Kier alpha value is -2.11. The molecule has 0 spiro atoms. The van der Waals surface area contributed by atoms with E-state index >= 15 is 0 Å². The average molecular weight is 264 g/mol. The fraction of sp³-hybridized carbons (Fsp3) is 0.462. The molecule has 1 aliphatic heterocycles. The predicted molar refractivity (Wildman–Crippen MR) is 66.8 cm³/mol. The van der Waals surface area contributed by atoms with E-state index in [1.165, 1.54) is 23.2 Å². The monoisotopic (exact) mass is 264 g/mol. The topological polar surface area (TPSA) is 90.7 Å². The van der Waals surface area contributed by atoms with Crippen LogP contribution in [0.1, 0.15) is 36.7 Å². The maximum absolute atomic E-state index is 12.4. The molecule has 0 bridgehead atoms. The van der Waals surface area contributed by atoms with Crippen LogP contribution in [-0.4, -0.2) is 44.1 Å². The van der Waals surface area contributed by atoms with E-state index in [1.807, 2.05) is 0 Å². The van der Waals surface area contributed by atoms with Crippen molar-refractivity contribution in [2.24, 2.45) is 0 Å². The van der Waals surface area contributed by atoms with Crippen molar-refractivity contribution in [2.75, 3.05) is 6.54 Å². The summed E-state index contributed by atoms with van der Waals surface area (Å²) in [6.07, 6.45) is 2.80. The van der Waals surface area contributed by atoms with Crippen LogP contribution in [-0.2, 0) is 4.79 Å². The van der Waals surface area contributed by atoms with Crippen molar-refractivity contribution in [3.63, 3.8) is 0 Å². The second-order valence-corrected chi connectivity index (χ2v) is 4.62. The van der Waals surface area contributed by atoms with Crippen molar-refractivity contribution < 1.29 is 19.8 Å². The first-order valence-electron chi connectivity index (χ1n) is 6.22. The lowest BCUT2D eigenvalue weighted by Gasteiger charge is -2.33. The molecular formula is C13H16N2O4. The van der Waals surface area contributed by atoms with Crippen molar-refractivity contribution in [1.82, 2.24) is 9.88 Å². The Morgan fingerprint density at radius 2 is 2.26 bits per heavy atom. The highest BCUT2D eigenvalue weighted by Crippen LogP contribution is 2.34. The van der Waals surface area contributed by atoms with Gasteiger partial charge in [0.2, 0.25) is 0 Å². The van der Waals surface area contributed by atoms with E-state index in [2.05, 4.69) is 4.98 Å². The van der Waals surface area contributed by atoms with Crippen LogP contribution in [0.15, 0.2) is 18.3 Å². The van der Waals surface area contributed by atoms with Crippen LogP contribution >= 0.6 is 0 Å². The van der Waals surface area contributed by atoms with Gasteiger partial charge in [-0.05, 0) is 31.4 Å². The molecule has 1 atom stereocenters. The fourth-order valence-electron chi connectivity index (χ4n) is 2.61. The molecule has 2 rings (SSSR count). The number of hydrogen-bond donors (Lipinski definition) is 2. The zero-order chi connectivity index (χ0) is 14.0. The summed E-state index contributed by atoms with van der Waals surface area (Å²) in [5.41, 5.74) is -1.27. The number of carboxylic acid groups (broad SMARTS) is 1. The first kappa shape index (κ1) is 13.3. The van der Waals surface area contributed by atoms with Crippen molar-refractivity contribution in [2.45, 2.75) is 31.7 Å². The minimum absolute atomic E-state index is 0.0940. The van der Waals surface area contributed by atoms with Gasteiger partial charge in [0.05, 0.1) is 0 Å². The van der Waals surface area contributed by atoms with Gasteiger partial charge >= 0.3 is 5.97 Å². The summed E-state index contributed by atoms with van der Waals surface area (Å²) in [5, 5.41) is 19.1. The summed E-state index contributed by atoms with van der Waals surface area (Å²) in [6.45, 7) is 2.12. The molecule has 6 nitrogen and oxygen atoms in total. The van der Waals surface area contributed by atoms with Crippen LogP contribution in [0.4, 0.5) is 0 Å². The van der Waals surface area contributed by atoms with Crippen molar-refractivity contribution in [3.8, 4) is 5.75 Å². The lowest BCUT2D eigenvalue weighted by atomic mass is 9.92. The minimum Gasteiger partial charge on any atom is -0.505 e. The highest BCUT2D eigenvalue weighted by atomic mass is 16.4. The molecule has 1 fully saturated rings. The van der Waals surface area contributed by atoms with Crippen LogP contribution in [0.5, 0.6) is 5.75 Å². The lowest BCUT2D eigenvalue weighted by molar-refractivity contribution is -0.148. The van der Waals surface area contributed by atoms with Gasteiger partial charge in [0.25, 0.3) is 5.91 Å². The van der Waals surface area contributed by atoms with Gasteiger partial charge in [0.15, 0.2) is 5.69 Å². The van der Waals surface area contributed by atoms with Gasteiger partial charge in [-0.3, -0.25) is 4.79 Å². The molecule has 0 radical (unpaired) electrons. The lowest BCUT2D eigenvalue weighted by Crippen LogP contribution is -2.52. The maximum Gasteiger partial charge on any atom is 0.329 e. The number of aliphatic carboxylic acids is 1. The molecule has 1 aromatic heterocycles. The smallest absolute Gasteiger partial charge is 0.329 e. The van der Waals surface area contributed by atoms with Gasteiger partial charge in [0.1, 0.15) is 11.3 Å². The third-order valence-electron chi connectivity index (χ3n) is 3.71. The highest BCUT2D eigenvalue weighted by Gasteiger charge is 2.49. The van der Waals surface area contributed by atoms with Crippen LogP contribution in [0.25, 0.3) is 0 Å². The number of rotatable bonds is 3. The molecule has 102 valence electrons. The number of amides is 1. The Morgan fingerprint density at radius 3 is 2.84 bits per heavy atom. The summed E-state index contributed by atoms with van der Waals surface area (Å²) in [5.74, 6) is -1.76. The molecule has 2 heterocycles. The minimum atomic E-state index is -1.18. The molecule has 1 aromatic rings. The molecule has 1 unspecified atom stereocenters. The van der Waals surface area contributed by atoms with Gasteiger partial charge in [-0.1, -0.05) is 6.92 Å².